The monoisotopic (exact) mass is 551 g/mol. The van der Waals surface area contributed by atoms with Crippen LogP contribution in [0.25, 0.3) is 0 Å². The van der Waals surface area contributed by atoms with Crippen molar-refractivity contribution in [2.75, 3.05) is 39.2 Å². The van der Waals surface area contributed by atoms with Gasteiger partial charge in [-0.2, -0.15) is 0 Å². The van der Waals surface area contributed by atoms with Crippen molar-refractivity contribution in [3.63, 3.8) is 0 Å². The average molecular weight is 552 g/mol. The molecule has 1 aliphatic rings. The van der Waals surface area contributed by atoms with Crippen LogP contribution in [0.15, 0.2) is 48.8 Å². The first kappa shape index (κ1) is 29.0. The number of carbonyl (C=O) groups excluding carboxylic acids is 2. The van der Waals surface area contributed by atoms with Crippen LogP contribution in [0.3, 0.4) is 0 Å². The van der Waals surface area contributed by atoms with Crippen LogP contribution < -0.4 is 14.8 Å². The summed E-state index contributed by atoms with van der Waals surface area (Å²) in [6.07, 6.45) is 1.21. The molecule has 12 heteroatoms. The molecule has 0 unspecified atom stereocenters. The lowest BCUT2D eigenvalue weighted by molar-refractivity contribution is -0.134. The second-order valence-electron chi connectivity index (χ2n) is 10.3. The zero-order valence-corrected chi connectivity index (χ0v) is 23.4. The summed E-state index contributed by atoms with van der Waals surface area (Å²) < 4.78 is 13.2. The predicted molar refractivity (Wildman–Crippen MR) is 148 cm³/mol. The van der Waals surface area contributed by atoms with Crippen molar-refractivity contribution in [2.24, 2.45) is 5.92 Å². The van der Waals surface area contributed by atoms with E-state index < -0.39 is 0 Å². The number of hydrogen-bond donors (Lipinski definition) is 2. The van der Waals surface area contributed by atoms with Gasteiger partial charge in [0.2, 0.25) is 11.8 Å². The number of ether oxygens (including phenoxy) is 2. The summed E-state index contributed by atoms with van der Waals surface area (Å²) in [7, 11) is 3.69. The summed E-state index contributed by atoms with van der Waals surface area (Å²) in [4.78, 5) is 29.8. The number of rotatable bonds is 10. The fourth-order valence-electron chi connectivity index (χ4n) is 4.74. The zero-order chi connectivity index (χ0) is 28.6. The SMILES string of the molecule is COc1ccc(CN(C)C[C@@H]2Oc3ccc(NC(=O)Cn4cnnn4)cc3CC(=O)N([C@@H](C)CO)C[C@@H]2C)cc1. The van der Waals surface area contributed by atoms with E-state index in [-0.39, 0.29) is 49.5 Å². The molecule has 0 aliphatic carbocycles. The van der Waals surface area contributed by atoms with Crippen molar-refractivity contribution in [3.8, 4) is 11.5 Å². The van der Waals surface area contributed by atoms with Crippen LogP contribution in [-0.4, -0.2) is 92.9 Å². The second kappa shape index (κ2) is 13.4. The Labute approximate surface area is 233 Å². The number of nitrogens with one attached hydrogen (secondary N) is 1. The highest BCUT2D eigenvalue weighted by molar-refractivity contribution is 5.91. The fourth-order valence-corrected chi connectivity index (χ4v) is 4.74. The van der Waals surface area contributed by atoms with Crippen LogP contribution >= 0.6 is 0 Å². The molecule has 3 aromatic rings. The summed E-state index contributed by atoms with van der Waals surface area (Å²) in [6, 6.07) is 12.9. The number of nitrogens with zero attached hydrogens (tertiary/aromatic N) is 6. The number of benzene rings is 2. The number of aromatic nitrogens is 4. The van der Waals surface area contributed by atoms with Gasteiger partial charge in [-0.05, 0) is 60.3 Å². The van der Waals surface area contributed by atoms with E-state index in [0.29, 0.717) is 36.6 Å². The van der Waals surface area contributed by atoms with E-state index in [0.717, 1.165) is 11.3 Å². The number of anilines is 1. The van der Waals surface area contributed by atoms with Crippen LogP contribution in [0, 0.1) is 5.92 Å². The quantitative estimate of drug-likeness (QED) is 0.385. The van der Waals surface area contributed by atoms with Crippen molar-refractivity contribution in [1.82, 2.24) is 30.0 Å². The van der Waals surface area contributed by atoms with Gasteiger partial charge in [0.05, 0.1) is 26.2 Å². The average Bonchev–Trinajstić information content (AvgIpc) is 3.45. The summed E-state index contributed by atoms with van der Waals surface area (Å²) in [6.45, 7) is 5.51. The molecule has 0 fully saturated rings. The summed E-state index contributed by atoms with van der Waals surface area (Å²) in [5, 5.41) is 23.5. The number of hydrogen-bond acceptors (Lipinski definition) is 9. The summed E-state index contributed by atoms with van der Waals surface area (Å²) in [5.41, 5.74) is 2.35. The van der Waals surface area contributed by atoms with Gasteiger partial charge in [0, 0.05) is 36.8 Å². The number of likely N-dealkylation sites (N-methyl/N-ethyl adjacent to an activating group) is 1. The molecule has 2 heterocycles. The lowest BCUT2D eigenvalue weighted by Gasteiger charge is -2.34. The van der Waals surface area contributed by atoms with Gasteiger partial charge in [-0.15, -0.1) is 5.10 Å². The molecular weight excluding hydrogens is 514 g/mol. The maximum absolute atomic E-state index is 13.4. The molecule has 2 aromatic carbocycles. The van der Waals surface area contributed by atoms with E-state index in [2.05, 4.69) is 32.7 Å². The molecule has 40 heavy (non-hydrogen) atoms. The Hall–Kier alpha value is -4.03. The van der Waals surface area contributed by atoms with E-state index in [1.54, 1.807) is 30.2 Å². The number of methoxy groups -OCH3 is 1. The summed E-state index contributed by atoms with van der Waals surface area (Å²) >= 11 is 0. The van der Waals surface area contributed by atoms with Gasteiger partial charge in [0.25, 0.3) is 0 Å². The second-order valence-corrected chi connectivity index (χ2v) is 10.3. The molecular formula is C28H37N7O5. The molecule has 0 spiro atoms. The van der Waals surface area contributed by atoms with E-state index >= 15 is 0 Å². The highest BCUT2D eigenvalue weighted by Gasteiger charge is 2.31. The molecule has 4 rings (SSSR count). The van der Waals surface area contributed by atoms with E-state index in [1.807, 2.05) is 38.2 Å². The number of carbonyl (C=O) groups is 2. The normalized spacial score (nSPS) is 18.2. The Morgan fingerprint density at radius 2 is 2.05 bits per heavy atom. The smallest absolute Gasteiger partial charge is 0.246 e. The van der Waals surface area contributed by atoms with Gasteiger partial charge in [0.1, 0.15) is 30.5 Å². The first-order chi connectivity index (χ1) is 19.2. The Morgan fingerprint density at radius 1 is 1.27 bits per heavy atom. The standard InChI is InChI=1S/C28H37N7O5/c1-19-13-35(20(2)17-36)28(38)12-22-11-23(30-27(37)16-34-18-29-31-32-34)7-10-25(22)40-26(19)15-33(3)14-21-5-8-24(39-4)9-6-21/h5-11,18-20,26,36H,12-17H2,1-4H3,(H,30,37)/t19-,20-,26-/m0/s1. The van der Waals surface area contributed by atoms with Crippen LogP contribution in [0.2, 0.25) is 0 Å². The van der Waals surface area contributed by atoms with Crippen LogP contribution in [0.5, 0.6) is 11.5 Å². The highest BCUT2D eigenvalue weighted by Crippen LogP contribution is 2.29. The number of tetrazole rings is 1. The first-order valence-corrected chi connectivity index (χ1v) is 13.3. The Balaban J connectivity index is 1.55. The Kier molecular flexibility index (Phi) is 9.67. The third-order valence-corrected chi connectivity index (χ3v) is 7.00. The minimum absolute atomic E-state index is 0.0158. The maximum atomic E-state index is 13.4. The number of aliphatic hydroxyl groups excluding tert-OH is 1. The van der Waals surface area contributed by atoms with Crippen molar-refractivity contribution in [3.05, 3.63) is 59.9 Å². The fraction of sp³-hybridized carbons (Fsp3) is 0.464. The minimum Gasteiger partial charge on any atom is -0.497 e. The van der Waals surface area contributed by atoms with E-state index in [1.165, 1.54) is 11.0 Å². The molecule has 0 saturated heterocycles. The molecule has 2 amide bonds. The molecule has 0 saturated carbocycles. The minimum atomic E-state index is -0.339. The predicted octanol–water partition coefficient (Wildman–Crippen LogP) is 1.60. The molecule has 3 atom stereocenters. The van der Waals surface area contributed by atoms with Gasteiger partial charge in [0.15, 0.2) is 0 Å². The van der Waals surface area contributed by atoms with Crippen molar-refractivity contribution < 1.29 is 24.2 Å². The maximum Gasteiger partial charge on any atom is 0.246 e. The highest BCUT2D eigenvalue weighted by atomic mass is 16.5. The van der Waals surface area contributed by atoms with Crippen molar-refractivity contribution in [2.45, 2.75) is 45.5 Å². The first-order valence-electron chi connectivity index (χ1n) is 13.3. The van der Waals surface area contributed by atoms with E-state index in [4.69, 9.17) is 9.47 Å². The third kappa shape index (κ3) is 7.54. The lowest BCUT2D eigenvalue weighted by atomic mass is 10.0. The van der Waals surface area contributed by atoms with Crippen LogP contribution in [-0.2, 0) is 29.1 Å². The number of amides is 2. The molecule has 0 radical (unpaired) electrons. The molecule has 214 valence electrons. The molecule has 1 aromatic heterocycles. The topological polar surface area (TPSA) is 135 Å². The largest absolute Gasteiger partial charge is 0.497 e. The number of fused-ring (bicyclic) bond motifs is 1. The molecule has 0 bridgehead atoms. The number of aliphatic hydroxyl groups is 1. The van der Waals surface area contributed by atoms with Crippen molar-refractivity contribution >= 4 is 17.5 Å². The van der Waals surface area contributed by atoms with Gasteiger partial charge >= 0.3 is 0 Å². The molecule has 12 nitrogen and oxygen atoms in total. The van der Waals surface area contributed by atoms with Gasteiger partial charge in [-0.3, -0.25) is 14.5 Å². The molecule has 1 aliphatic heterocycles. The molecule has 2 N–H and O–H groups in total. The lowest BCUT2D eigenvalue weighted by Crippen LogP contribution is -2.47. The van der Waals surface area contributed by atoms with Crippen LogP contribution in [0.4, 0.5) is 5.69 Å². The van der Waals surface area contributed by atoms with Gasteiger partial charge in [-0.25, -0.2) is 4.68 Å². The van der Waals surface area contributed by atoms with E-state index in [9.17, 15) is 14.7 Å². The van der Waals surface area contributed by atoms with Gasteiger partial charge in [-0.1, -0.05) is 19.1 Å². The summed E-state index contributed by atoms with van der Waals surface area (Å²) in [5.74, 6) is 0.982. The van der Waals surface area contributed by atoms with Crippen LogP contribution in [0.1, 0.15) is 25.0 Å². The van der Waals surface area contributed by atoms with Gasteiger partial charge < -0.3 is 24.8 Å². The zero-order valence-electron chi connectivity index (χ0n) is 23.4. The third-order valence-electron chi connectivity index (χ3n) is 7.00. The Morgan fingerprint density at radius 3 is 2.73 bits per heavy atom. The van der Waals surface area contributed by atoms with Crippen molar-refractivity contribution in [1.29, 1.82) is 0 Å². The Bertz CT molecular complexity index is 1270.